The molecule has 3 aromatic rings. The maximum atomic E-state index is 12.6. The van der Waals surface area contributed by atoms with Crippen molar-refractivity contribution in [3.63, 3.8) is 0 Å². The van der Waals surface area contributed by atoms with Crippen LogP contribution in [-0.4, -0.2) is 44.4 Å². The molecule has 0 atom stereocenters. The van der Waals surface area contributed by atoms with Crippen molar-refractivity contribution in [3.05, 3.63) is 34.7 Å². The Morgan fingerprint density at radius 2 is 1.96 bits per heavy atom. The Kier molecular flexibility index (Phi) is 4.89. The average molecular weight is 398 g/mol. The predicted octanol–water partition coefficient (Wildman–Crippen LogP) is 3.27. The van der Waals surface area contributed by atoms with Gasteiger partial charge < -0.3 is 4.90 Å². The van der Waals surface area contributed by atoms with Gasteiger partial charge in [0.15, 0.2) is 0 Å². The SMILES string of the molecule is CC(=O)N1CCC(C(=O)Nc2nc3scc(-c4ccc(C)cc4C)n3n2)CC1. The first-order valence-corrected chi connectivity index (χ1v) is 10.3. The molecule has 146 valence electrons. The van der Waals surface area contributed by atoms with Gasteiger partial charge in [0.2, 0.25) is 22.7 Å². The van der Waals surface area contributed by atoms with Gasteiger partial charge in [-0.3, -0.25) is 14.9 Å². The summed E-state index contributed by atoms with van der Waals surface area (Å²) in [5.74, 6) is 0.205. The Morgan fingerprint density at radius 3 is 2.64 bits per heavy atom. The van der Waals surface area contributed by atoms with Gasteiger partial charge in [0.1, 0.15) is 0 Å². The van der Waals surface area contributed by atoms with Gasteiger partial charge in [0.25, 0.3) is 0 Å². The van der Waals surface area contributed by atoms with Crippen LogP contribution in [0.4, 0.5) is 5.95 Å². The van der Waals surface area contributed by atoms with E-state index in [1.165, 1.54) is 22.5 Å². The molecule has 3 heterocycles. The van der Waals surface area contributed by atoms with Crippen molar-refractivity contribution < 1.29 is 9.59 Å². The van der Waals surface area contributed by atoms with Crippen LogP contribution in [0, 0.1) is 19.8 Å². The molecule has 8 heteroatoms. The highest BCUT2D eigenvalue weighted by Crippen LogP contribution is 2.29. The number of thiazole rings is 1. The first-order chi connectivity index (χ1) is 13.4. The number of carbonyl (C=O) groups excluding carboxylic acids is 2. The summed E-state index contributed by atoms with van der Waals surface area (Å²) in [5, 5.41) is 9.40. The molecule has 0 bridgehead atoms. The third-order valence-corrected chi connectivity index (χ3v) is 6.10. The number of likely N-dealkylation sites (tertiary alicyclic amines) is 1. The third-order valence-electron chi connectivity index (χ3n) is 5.29. The molecule has 0 unspecified atom stereocenters. The van der Waals surface area contributed by atoms with Crippen molar-refractivity contribution in [1.29, 1.82) is 0 Å². The minimum Gasteiger partial charge on any atom is -0.343 e. The summed E-state index contributed by atoms with van der Waals surface area (Å²) in [5.41, 5.74) is 4.48. The summed E-state index contributed by atoms with van der Waals surface area (Å²) >= 11 is 1.50. The van der Waals surface area contributed by atoms with Gasteiger partial charge in [0, 0.05) is 36.9 Å². The van der Waals surface area contributed by atoms with Gasteiger partial charge in [-0.1, -0.05) is 23.8 Å². The van der Waals surface area contributed by atoms with Crippen molar-refractivity contribution in [1.82, 2.24) is 19.5 Å². The Morgan fingerprint density at radius 1 is 1.21 bits per heavy atom. The quantitative estimate of drug-likeness (QED) is 0.736. The molecule has 0 spiro atoms. The topological polar surface area (TPSA) is 79.6 Å². The van der Waals surface area contributed by atoms with Crippen LogP contribution in [0.2, 0.25) is 0 Å². The molecule has 1 fully saturated rings. The minimum absolute atomic E-state index is 0.0637. The van der Waals surface area contributed by atoms with Crippen molar-refractivity contribution in [2.45, 2.75) is 33.6 Å². The molecule has 2 aromatic heterocycles. The lowest BCUT2D eigenvalue weighted by atomic mass is 9.96. The Balaban J connectivity index is 1.51. The number of hydrogen-bond acceptors (Lipinski definition) is 5. The van der Waals surface area contributed by atoms with Crippen LogP contribution in [0.25, 0.3) is 16.2 Å². The Hall–Kier alpha value is -2.74. The number of aryl methyl sites for hydroxylation is 2. The van der Waals surface area contributed by atoms with Crippen molar-refractivity contribution in [3.8, 4) is 11.3 Å². The molecule has 1 aromatic carbocycles. The molecule has 0 aliphatic carbocycles. The van der Waals surface area contributed by atoms with Crippen molar-refractivity contribution in [2.24, 2.45) is 5.92 Å². The zero-order valence-corrected chi connectivity index (χ0v) is 17.0. The van der Waals surface area contributed by atoms with Crippen LogP contribution in [0.5, 0.6) is 0 Å². The molecule has 1 aliphatic rings. The first-order valence-electron chi connectivity index (χ1n) is 9.40. The normalized spacial score (nSPS) is 15.2. The second kappa shape index (κ2) is 7.35. The fourth-order valence-electron chi connectivity index (χ4n) is 3.69. The van der Waals surface area contributed by atoms with E-state index in [0.717, 1.165) is 16.2 Å². The number of benzene rings is 1. The summed E-state index contributed by atoms with van der Waals surface area (Å²) in [6.45, 7) is 6.96. The lowest BCUT2D eigenvalue weighted by Crippen LogP contribution is -2.40. The lowest BCUT2D eigenvalue weighted by molar-refractivity contribution is -0.132. The number of aromatic nitrogens is 3. The first kappa shape index (κ1) is 18.6. The minimum atomic E-state index is -0.115. The monoisotopic (exact) mass is 397 g/mol. The zero-order valence-electron chi connectivity index (χ0n) is 16.2. The van der Waals surface area contributed by atoms with Crippen LogP contribution < -0.4 is 5.32 Å². The molecular weight excluding hydrogens is 374 g/mol. The van der Waals surface area contributed by atoms with Crippen molar-refractivity contribution in [2.75, 3.05) is 18.4 Å². The number of fused-ring (bicyclic) bond motifs is 1. The van der Waals surface area contributed by atoms with Gasteiger partial charge in [-0.2, -0.15) is 4.98 Å². The van der Waals surface area contributed by atoms with Crippen LogP contribution in [0.3, 0.4) is 0 Å². The highest BCUT2D eigenvalue weighted by atomic mass is 32.1. The van der Waals surface area contributed by atoms with E-state index in [2.05, 4.69) is 47.4 Å². The Bertz CT molecular complexity index is 1050. The Labute approximate surface area is 167 Å². The summed E-state index contributed by atoms with van der Waals surface area (Å²) < 4.78 is 1.79. The van der Waals surface area contributed by atoms with Gasteiger partial charge >= 0.3 is 0 Å². The third kappa shape index (κ3) is 3.52. The number of piperidine rings is 1. The zero-order chi connectivity index (χ0) is 19.8. The van der Waals surface area contributed by atoms with Gasteiger partial charge in [-0.15, -0.1) is 16.4 Å². The largest absolute Gasteiger partial charge is 0.343 e. The van der Waals surface area contributed by atoms with Gasteiger partial charge in [-0.05, 0) is 32.3 Å². The van der Waals surface area contributed by atoms with E-state index in [-0.39, 0.29) is 17.7 Å². The molecule has 2 amide bonds. The molecule has 28 heavy (non-hydrogen) atoms. The highest BCUT2D eigenvalue weighted by molar-refractivity contribution is 7.15. The molecule has 0 saturated carbocycles. The van der Waals surface area contributed by atoms with Crippen LogP contribution >= 0.6 is 11.3 Å². The van der Waals surface area contributed by atoms with E-state index in [0.29, 0.717) is 31.9 Å². The smallest absolute Gasteiger partial charge is 0.250 e. The lowest BCUT2D eigenvalue weighted by Gasteiger charge is -2.30. The number of carbonyl (C=O) groups is 2. The molecule has 1 saturated heterocycles. The second-order valence-corrected chi connectivity index (χ2v) is 8.18. The molecule has 7 nitrogen and oxygen atoms in total. The van der Waals surface area contributed by atoms with Crippen LogP contribution in [0.15, 0.2) is 23.6 Å². The van der Waals surface area contributed by atoms with E-state index in [4.69, 9.17) is 0 Å². The van der Waals surface area contributed by atoms with E-state index in [1.807, 2.05) is 5.38 Å². The maximum Gasteiger partial charge on any atom is 0.250 e. The number of amides is 2. The second-order valence-electron chi connectivity index (χ2n) is 7.34. The summed E-state index contributed by atoms with van der Waals surface area (Å²) in [7, 11) is 0. The van der Waals surface area contributed by atoms with E-state index in [9.17, 15) is 9.59 Å². The van der Waals surface area contributed by atoms with Gasteiger partial charge in [0.05, 0.1) is 5.69 Å². The number of anilines is 1. The number of hydrogen-bond donors (Lipinski definition) is 1. The fourth-order valence-corrected chi connectivity index (χ4v) is 4.51. The number of nitrogens with zero attached hydrogens (tertiary/aromatic N) is 4. The van der Waals surface area contributed by atoms with Crippen molar-refractivity contribution >= 4 is 34.1 Å². The summed E-state index contributed by atoms with van der Waals surface area (Å²) in [4.78, 5) is 31.0. The number of nitrogens with one attached hydrogen (secondary N) is 1. The van der Waals surface area contributed by atoms with E-state index < -0.39 is 0 Å². The molecule has 4 rings (SSSR count). The fraction of sp³-hybridized carbons (Fsp3) is 0.400. The predicted molar refractivity (Wildman–Crippen MR) is 109 cm³/mol. The molecular formula is C20H23N5O2S. The van der Waals surface area contributed by atoms with Crippen LogP contribution in [-0.2, 0) is 9.59 Å². The van der Waals surface area contributed by atoms with Crippen LogP contribution in [0.1, 0.15) is 30.9 Å². The van der Waals surface area contributed by atoms with E-state index in [1.54, 1.807) is 16.3 Å². The summed E-state index contributed by atoms with van der Waals surface area (Å²) in [6, 6.07) is 6.32. The summed E-state index contributed by atoms with van der Waals surface area (Å²) in [6.07, 6.45) is 1.34. The molecule has 0 radical (unpaired) electrons. The molecule has 1 N–H and O–H groups in total. The van der Waals surface area contributed by atoms with Gasteiger partial charge in [-0.25, -0.2) is 4.52 Å². The average Bonchev–Trinajstić information content (AvgIpc) is 3.22. The molecule has 1 aliphatic heterocycles. The highest BCUT2D eigenvalue weighted by Gasteiger charge is 2.27. The van der Waals surface area contributed by atoms with E-state index >= 15 is 0 Å². The standard InChI is InChI=1S/C20H23N5O2S/c1-12-4-5-16(13(2)10-12)17-11-28-20-22-19(23-25(17)20)21-18(27)15-6-8-24(9-7-15)14(3)26/h4-5,10-11,15H,6-9H2,1-3H3,(H,21,23,27). The number of rotatable bonds is 3. The maximum absolute atomic E-state index is 12.6.